The van der Waals surface area contributed by atoms with E-state index in [9.17, 15) is 9.59 Å². The number of carbonyl (C=O) groups is 2. The molecule has 0 spiro atoms. The number of nitrogens with one attached hydrogen (secondary N) is 2. The molecular formula is C26H21ClN4O2. The van der Waals surface area contributed by atoms with Gasteiger partial charge in [-0.05, 0) is 54.4 Å². The van der Waals surface area contributed by atoms with Gasteiger partial charge in [0, 0.05) is 40.1 Å². The lowest BCUT2D eigenvalue weighted by atomic mass is 10.0. The summed E-state index contributed by atoms with van der Waals surface area (Å²) < 4.78 is 1.79. The largest absolute Gasteiger partial charge is 0.326 e. The van der Waals surface area contributed by atoms with E-state index >= 15 is 0 Å². The van der Waals surface area contributed by atoms with Crippen molar-refractivity contribution in [3.63, 3.8) is 0 Å². The summed E-state index contributed by atoms with van der Waals surface area (Å²) >= 11 is 6.06. The maximum atomic E-state index is 12.9. The number of benzene rings is 3. The molecule has 3 aromatic carbocycles. The lowest BCUT2D eigenvalue weighted by molar-refractivity contribution is -0.117. The highest BCUT2D eigenvalue weighted by molar-refractivity contribution is 6.30. The van der Waals surface area contributed by atoms with Gasteiger partial charge in [-0.25, -0.2) is 4.68 Å². The second-order valence-electron chi connectivity index (χ2n) is 7.94. The number of rotatable bonds is 5. The first-order chi connectivity index (χ1) is 16.0. The molecule has 5 rings (SSSR count). The zero-order chi connectivity index (χ0) is 22.8. The van der Waals surface area contributed by atoms with E-state index in [4.69, 9.17) is 16.7 Å². The molecular weight excluding hydrogens is 436 g/mol. The van der Waals surface area contributed by atoms with Gasteiger partial charge in [0.2, 0.25) is 11.8 Å². The van der Waals surface area contributed by atoms with Crippen LogP contribution in [0.15, 0.2) is 79.0 Å². The van der Waals surface area contributed by atoms with Gasteiger partial charge in [0.05, 0.1) is 17.8 Å². The van der Waals surface area contributed by atoms with E-state index in [1.54, 1.807) is 10.7 Å². The maximum absolute atomic E-state index is 12.9. The number of aryl methyl sites for hydroxylation is 1. The highest BCUT2D eigenvalue weighted by Crippen LogP contribution is 2.28. The standard InChI is InChI=1S/C26H21ClN4O2/c27-20-9-6-17(7-10-20)26-19(16-31(30-26)22-4-2-1-3-5-22)15-25(33)28-21-11-12-23-18(14-21)8-13-24(32)29-23/h1-7,9-12,14,16H,8,13,15H2,(H,28,33)(H,29,32). The van der Waals surface area contributed by atoms with Crippen LogP contribution >= 0.6 is 11.6 Å². The summed E-state index contributed by atoms with van der Waals surface area (Å²) in [5, 5.41) is 11.2. The minimum Gasteiger partial charge on any atom is -0.326 e. The molecule has 1 aliphatic heterocycles. The first-order valence-electron chi connectivity index (χ1n) is 10.7. The molecule has 0 fully saturated rings. The monoisotopic (exact) mass is 456 g/mol. The zero-order valence-electron chi connectivity index (χ0n) is 17.7. The van der Waals surface area contributed by atoms with Crippen LogP contribution < -0.4 is 10.6 Å². The lowest BCUT2D eigenvalue weighted by Gasteiger charge is -2.17. The fourth-order valence-corrected chi connectivity index (χ4v) is 4.07. The third-order valence-corrected chi connectivity index (χ3v) is 5.82. The molecule has 0 radical (unpaired) electrons. The summed E-state index contributed by atoms with van der Waals surface area (Å²) in [6.07, 6.45) is 3.17. The Bertz CT molecular complexity index is 1330. The Morgan fingerprint density at radius 2 is 1.82 bits per heavy atom. The average molecular weight is 457 g/mol. The Balaban J connectivity index is 1.41. The second-order valence-corrected chi connectivity index (χ2v) is 8.37. The van der Waals surface area contributed by atoms with Crippen molar-refractivity contribution in [2.24, 2.45) is 0 Å². The molecule has 2 N–H and O–H groups in total. The Hall–Kier alpha value is -3.90. The van der Waals surface area contributed by atoms with Gasteiger partial charge in [-0.1, -0.05) is 41.9 Å². The quantitative estimate of drug-likeness (QED) is 0.430. The Kier molecular flexibility index (Phi) is 5.67. The van der Waals surface area contributed by atoms with Crippen molar-refractivity contribution in [2.45, 2.75) is 19.3 Å². The topological polar surface area (TPSA) is 76.0 Å². The van der Waals surface area contributed by atoms with Gasteiger partial charge in [-0.2, -0.15) is 5.10 Å². The smallest absolute Gasteiger partial charge is 0.228 e. The molecule has 4 aromatic rings. The minimum absolute atomic E-state index is 0.0180. The molecule has 2 amide bonds. The maximum Gasteiger partial charge on any atom is 0.228 e. The normalized spacial score (nSPS) is 12.7. The number of anilines is 2. The Morgan fingerprint density at radius 3 is 2.61 bits per heavy atom. The van der Waals surface area contributed by atoms with Crippen LogP contribution in [0.4, 0.5) is 11.4 Å². The first kappa shape index (κ1) is 21.0. The molecule has 0 aliphatic carbocycles. The second kappa shape index (κ2) is 8.92. The van der Waals surface area contributed by atoms with Crippen molar-refractivity contribution in [3.05, 3.63) is 95.1 Å². The summed E-state index contributed by atoms with van der Waals surface area (Å²) in [5.41, 5.74) is 5.88. The molecule has 6 nitrogen and oxygen atoms in total. The van der Waals surface area contributed by atoms with Crippen LogP contribution in [0.25, 0.3) is 16.9 Å². The fourth-order valence-electron chi connectivity index (χ4n) is 3.94. The number of fused-ring (bicyclic) bond motifs is 1. The van der Waals surface area contributed by atoms with Crippen molar-refractivity contribution in [3.8, 4) is 16.9 Å². The van der Waals surface area contributed by atoms with E-state index in [0.29, 0.717) is 23.6 Å². The van der Waals surface area contributed by atoms with E-state index in [-0.39, 0.29) is 18.2 Å². The van der Waals surface area contributed by atoms with Crippen molar-refractivity contribution in [1.29, 1.82) is 0 Å². The predicted octanol–water partition coefficient (Wildman–Crippen LogP) is 5.26. The molecule has 2 heterocycles. The van der Waals surface area contributed by atoms with E-state index in [1.165, 1.54) is 0 Å². The molecule has 0 saturated heterocycles. The van der Waals surface area contributed by atoms with E-state index in [0.717, 1.165) is 33.8 Å². The third kappa shape index (κ3) is 4.66. The molecule has 164 valence electrons. The summed E-state index contributed by atoms with van der Waals surface area (Å²) in [4.78, 5) is 24.5. The van der Waals surface area contributed by atoms with Gasteiger partial charge in [-0.15, -0.1) is 0 Å². The first-order valence-corrected chi connectivity index (χ1v) is 11.1. The molecule has 1 aromatic heterocycles. The third-order valence-electron chi connectivity index (χ3n) is 5.56. The van der Waals surface area contributed by atoms with E-state index < -0.39 is 0 Å². The van der Waals surface area contributed by atoms with Crippen molar-refractivity contribution in [2.75, 3.05) is 10.6 Å². The van der Waals surface area contributed by atoms with Gasteiger partial charge in [0.1, 0.15) is 0 Å². The van der Waals surface area contributed by atoms with Gasteiger partial charge in [0.15, 0.2) is 0 Å². The number of nitrogens with zero attached hydrogens (tertiary/aromatic N) is 2. The van der Waals surface area contributed by atoms with Crippen molar-refractivity contribution in [1.82, 2.24) is 9.78 Å². The number of hydrogen-bond donors (Lipinski definition) is 2. The number of amides is 2. The van der Waals surface area contributed by atoms with Crippen LogP contribution in [-0.4, -0.2) is 21.6 Å². The average Bonchev–Trinajstić information content (AvgIpc) is 3.24. The SMILES string of the molecule is O=C(Cc1cn(-c2ccccc2)nc1-c1ccc(Cl)cc1)Nc1ccc2c(c1)CCC(=O)N2. The highest BCUT2D eigenvalue weighted by atomic mass is 35.5. The zero-order valence-corrected chi connectivity index (χ0v) is 18.5. The van der Waals surface area contributed by atoms with Gasteiger partial charge in [0.25, 0.3) is 0 Å². The van der Waals surface area contributed by atoms with Gasteiger partial charge < -0.3 is 10.6 Å². The van der Waals surface area contributed by atoms with Crippen molar-refractivity contribution >= 4 is 34.8 Å². The van der Waals surface area contributed by atoms with Crippen LogP contribution in [0, 0.1) is 0 Å². The number of carbonyl (C=O) groups excluding carboxylic acids is 2. The van der Waals surface area contributed by atoms with Gasteiger partial charge in [-0.3, -0.25) is 9.59 Å². The van der Waals surface area contributed by atoms with E-state index in [2.05, 4.69) is 10.6 Å². The summed E-state index contributed by atoms with van der Waals surface area (Å²) in [7, 11) is 0. The predicted molar refractivity (Wildman–Crippen MR) is 130 cm³/mol. The number of halogens is 1. The minimum atomic E-state index is -0.141. The molecule has 7 heteroatoms. The van der Waals surface area contributed by atoms with Crippen LogP contribution in [-0.2, 0) is 22.4 Å². The van der Waals surface area contributed by atoms with Crippen LogP contribution in [0.2, 0.25) is 5.02 Å². The number of hydrogen-bond acceptors (Lipinski definition) is 3. The lowest BCUT2D eigenvalue weighted by Crippen LogP contribution is -2.20. The van der Waals surface area contributed by atoms with Crippen molar-refractivity contribution < 1.29 is 9.59 Å². The Morgan fingerprint density at radius 1 is 1.03 bits per heavy atom. The molecule has 33 heavy (non-hydrogen) atoms. The van der Waals surface area contributed by atoms with Crippen LogP contribution in [0.5, 0.6) is 0 Å². The molecule has 0 bridgehead atoms. The molecule has 0 saturated carbocycles. The number of para-hydroxylation sites is 1. The highest BCUT2D eigenvalue weighted by Gasteiger charge is 2.18. The summed E-state index contributed by atoms with van der Waals surface area (Å²) in [6, 6.07) is 22.8. The fraction of sp³-hybridized carbons (Fsp3) is 0.115. The van der Waals surface area contributed by atoms with Crippen LogP contribution in [0.1, 0.15) is 17.5 Å². The molecule has 0 unspecified atom stereocenters. The van der Waals surface area contributed by atoms with E-state index in [1.807, 2.05) is 72.9 Å². The van der Waals surface area contributed by atoms with Gasteiger partial charge >= 0.3 is 0 Å². The summed E-state index contributed by atoms with van der Waals surface area (Å²) in [5.74, 6) is -0.123. The number of aromatic nitrogens is 2. The van der Waals surface area contributed by atoms with Crippen LogP contribution in [0.3, 0.4) is 0 Å². The molecule has 1 aliphatic rings. The summed E-state index contributed by atoms with van der Waals surface area (Å²) in [6.45, 7) is 0. The Labute approximate surface area is 196 Å². The molecule has 0 atom stereocenters.